The molecule has 1 saturated heterocycles. The highest BCUT2D eigenvalue weighted by molar-refractivity contribution is 7.21. The number of hydrogen-bond acceptors (Lipinski definition) is 7. The number of ether oxygens (including phenoxy) is 1. The maximum Gasteiger partial charge on any atom is 0.407 e. The van der Waals surface area contributed by atoms with E-state index in [1.165, 1.54) is 11.3 Å². The first-order chi connectivity index (χ1) is 16.6. The Hall–Kier alpha value is -3.33. The number of nitrogens with zero attached hydrogens (tertiary/aromatic N) is 2. The summed E-state index contributed by atoms with van der Waals surface area (Å²) in [6, 6.07) is 12.2. The average molecular weight is 496 g/mol. The average Bonchev–Trinajstić information content (AvgIpc) is 3.37. The normalized spacial score (nSPS) is 15.9. The van der Waals surface area contributed by atoms with Gasteiger partial charge >= 0.3 is 6.09 Å². The van der Waals surface area contributed by atoms with Crippen LogP contribution in [0.25, 0.3) is 10.2 Å². The molecule has 3 aromatic rings. The van der Waals surface area contributed by atoms with E-state index in [2.05, 4.69) is 44.8 Å². The Bertz CT molecular complexity index is 1220. The van der Waals surface area contributed by atoms with E-state index >= 15 is 0 Å². The molecule has 0 unspecified atom stereocenters. The number of carbonyl (C=O) groups is 2. The summed E-state index contributed by atoms with van der Waals surface area (Å²) in [5, 5.41) is 6.76. The number of carbonyl (C=O) groups excluding carboxylic acids is 2. The summed E-state index contributed by atoms with van der Waals surface area (Å²) in [5.74, 6) is -0.166. The van der Waals surface area contributed by atoms with Crippen LogP contribution < -0.4 is 21.3 Å². The molecule has 1 fully saturated rings. The number of rotatable bonds is 6. The predicted molar refractivity (Wildman–Crippen MR) is 141 cm³/mol. The van der Waals surface area contributed by atoms with Gasteiger partial charge in [-0.05, 0) is 70.4 Å². The van der Waals surface area contributed by atoms with Gasteiger partial charge in [0.15, 0.2) is 0 Å². The van der Waals surface area contributed by atoms with E-state index in [1.54, 1.807) is 0 Å². The van der Waals surface area contributed by atoms with Crippen LogP contribution in [0.4, 0.5) is 16.2 Å². The number of hydrogen-bond donors (Lipinski definition) is 3. The summed E-state index contributed by atoms with van der Waals surface area (Å²) in [6.07, 6.45) is 1.23. The van der Waals surface area contributed by atoms with Crippen LogP contribution in [-0.4, -0.2) is 48.3 Å². The Morgan fingerprint density at radius 2 is 1.94 bits per heavy atom. The number of benzene rings is 1. The van der Waals surface area contributed by atoms with Crippen molar-refractivity contribution < 1.29 is 14.3 Å². The van der Waals surface area contributed by atoms with Crippen molar-refractivity contribution in [3.63, 3.8) is 0 Å². The van der Waals surface area contributed by atoms with E-state index in [0.717, 1.165) is 53.1 Å². The van der Waals surface area contributed by atoms with Gasteiger partial charge in [-0.25, -0.2) is 9.78 Å². The summed E-state index contributed by atoms with van der Waals surface area (Å²) in [7, 11) is 0. The van der Waals surface area contributed by atoms with Gasteiger partial charge in [0.1, 0.15) is 15.3 Å². The topological polar surface area (TPSA) is 110 Å². The van der Waals surface area contributed by atoms with Crippen LogP contribution in [0, 0.1) is 6.92 Å². The molecule has 8 nitrogen and oxygen atoms in total. The lowest BCUT2D eigenvalue weighted by atomic mass is 10.1. The molecule has 2 amide bonds. The zero-order valence-corrected chi connectivity index (χ0v) is 21.5. The number of amides is 2. The first-order valence-corrected chi connectivity index (χ1v) is 12.7. The van der Waals surface area contributed by atoms with Gasteiger partial charge in [0, 0.05) is 36.4 Å². The third-order valence-corrected chi connectivity index (χ3v) is 6.96. The Labute approximate surface area is 209 Å². The van der Waals surface area contributed by atoms with Crippen LogP contribution >= 0.6 is 11.3 Å². The van der Waals surface area contributed by atoms with Crippen molar-refractivity contribution in [1.29, 1.82) is 0 Å². The molecule has 0 spiro atoms. The summed E-state index contributed by atoms with van der Waals surface area (Å²) in [5.41, 5.74) is 9.33. The number of aryl methyl sites for hydroxylation is 1. The molecule has 0 saturated carbocycles. The number of anilines is 2. The van der Waals surface area contributed by atoms with Gasteiger partial charge in [0.2, 0.25) is 0 Å². The van der Waals surface area contributed by atoms with E-state index in [9.17, 15) is 9.59 Å². The van der Waals surface area contributed by atoms with Crippen LogP contribution in [0.5, 0.6) is 0 Å². The summed E-state index contributed by atoms with van der Waals surface area (Å²) >= 11 is 1.33. The van der Waals surface area contributed by atoms with Gasteiger partial charge in [-0.3, -0.25) is 4.79 Å². The second-order valence-corrected chi connectivity index (χ2v) is 10.9. The molecule has 0 aliphatic carbocycles. The number of nitrogen functional groups attached to an aromatic ring is 1. The zero-order valence-electron chi connectivity index (χ0n) is 20.7. The minimum absolute atomic E-state index is 0.0696. The standard InChI is InChI=1S/C26H33N5O3S/c1-16-5-10-20-21(27)22(35-24(20)29-16)23(32)28-13-11-17-6-8-19(9-7-17)31-14-12-18(15-31)30-25(33)34-26(2,3)4/h5-10,18H,11-15,27H2,1-4H3,(H,28,32)(H,30,33)/t18-/m1/s1. The van der Waals surface area contributed by atoms with Crippen molar-refractivity contribution >= 4 is 44.9 Å². The van der Waals surface area contributed by atoms with Crippen LogP contribution in [-0.2, 0) is 11.2 Å². The van der Waals surface area contributed by atoms with Gasteiger partial charge in [-0.2, -0.15) is 0 Å². The van der Waals surface area contributed by atoms with Gasteiger partial charge in [0.05, 0.1) is 11.7 Å². The minimum Gasteiger partial charge on any atom is -0.444 e. The highest BCUT2D eigenvalue weighted by atomic mass is 32.1. The largest absolute Gasteiger partial charge is 0.444 e. The van der Waals surface area contributed by atoms with Crippen molar-refractivity contribution in [2.45, 2.75) is 52.2 Å². The minimum atomic E-state index is -0.501. The molecule has 1 aliphatic heterocycles. The molecule has 9 heteroatoms. The van der Waals surface area contributed by atoms with Crippen molar-refractivity contribution in [2.75, 3.05) is 30.3 Å². The lowest BCUT2D eigenvalue weighted by molar-refractivity contribution is 0.0509. The molecule has 2 aromatic heterocycles. The van der Waals surface area contributed by atoms with Crippen molar-refractivity contribution in [3.05, 3.63) is 52.5 Å². The molecule has 0 radical (unpaired) electrons. The lowest BCUT2D eigenvalue weighted by Crippen LogP contribution is -2.40. The molecular weight excluding hydrogens is 462 g/mol. The third-order valence-electron chi connectivity index (χ3n) is 5.85. The summed E-state index contributed by atoms with van der Waals surface area (Å²) in [4.78, 5) is 32.7. The second-order valence-electron chi connectivity index (χ2n) is 9.90. The molecular formula is C26H33N5O3S. The fraction of sp³-hybridized carbons (Fsp3) is 0.423. The number of nitrogens with one attached hydrogen (secondary N) is 2. The first-order valence-electron chi connectivity index (χ1n) is 11.9. The third kappa shape index (κ3) is 6.22. The van der Waals surface area contributed by atoms with Crippen molar-refractivity contribution in [1.82, 2.24) is 15.6 Å². The summed E-state index contributed by atoms with van der Waals surface area (Å²) in [6.45, 7) is 9.64. The van der Waals surface area contributed by atoms with Crippen LogP contribution in [0.2, 0.25) is 0 Å². The first kappa shape index (κ1) is 24.8. The highest BCUT2D eigenvalue weighted by Gasteiger charge is 2.26. The maximum atomic E-state index is 12.7. The van der Waals surface area contributed by atoms with Crippen LogP contribution in [0.15, 0.2) is 36.4 Å². The molecule has 1 aliphatic rings. The molecule has 4 rings (SSSR count). The Morgan fingerprint density at radius 3 is 2.66 bits per heavy atom. The second kappa shape index (κ2) is 10.1. The van der Waals surface area contributed by atoms with Gasteiger partial charge in [0.25, 0.3) is 5.91 Å². The van der Waals surface area contributed by atoms with E-state index in [4.69, 9.17) is 10.5 Å². The Balaban J connectivity index is 1.26. The monoisotopic (exact) mass is 495 g/mol. The van der Waals surface area contributed by atoms with Crippen molar-refractivity contribution in [3.8, 4) is 0 Å². The van der Waals surface area contributed by atoms with E-state index in [-0.39, 0.29) is 18.0 Å². The van der Waals surface area contributed by atoms with Crippen molar-refractivity contribution in [2.24, 2.45) is 0 Å². The quantitative estimate of drug-likeness (QED) is 0.471. The smallest absolute Gasteiger partial charge is 0.407 e. The van der Waals surface area contributed by atoms with Gasteiger partial charge in [-0.15, -0.1) is 11.3 Å². The molecule has 186 valence electrons. The molecule has 0 bridgehead atoms. The fourth-order valence-electron chi connectivity index (χ4n) is 4.12. The summed E-state index contributed by atoms with van der Waals surface area (Å²) < 4.78 is 5.36. The SMILES string of the molecule is Cc1ccc2c(N)c(C(=O)NCCc3ccc(N4CC[C@@H](NC(=O)OC(C)(C)C)C4)cc3)sc2n1. The predicted octanol–water partition coefficient (Wildman–Crippen LogP) is 4.26. The van der Waals surface area contributed by atoms with E-state index in [0.29, 0.717) is 17.1 Å². The molecule has 4 N–H and O–H groups in total. The number of fused-ring (bicyclic) bond motifs is 1. The van der Waals surface area contributed by atoms with Gasteiger partial charge < -0.3 is 26.0 Å². The number of pyridine rings is 1. The van der Waals surface area contributed by atoms with Gasteiger partial charge in [-0.1, -0.05) is 12.1 Å². The molecule has 3 heterocycles. The lowest BCUT2D eigenvalue weighted by Gasteiger charge is -2.22. The maximum absolute atomic E-state index is 12.7. The highest BCUT2D eigenvalue weighted by Crippen LogP contribution is 2.32. The number of thiophene rings is 1. The van der Waals surface area contributed by atoms with Crippen LogP contribution in [0.1, 0.15) is 48.1 Å². The van der Waals surface area contributed by atoms with E-state index < -0.39 is 5.60 Å². The molecule has 35 heavy (non-hydrogen) atoms. The molecule has 1 atom stereocenters. The fourth-order valence-corrected chi connectivity index (χ4v) is 5.17. The zero-order chi connectivity index (χ0) is 25.2. The number of aromatic nitrogens is 1. The Kier molecular flexibility index (Phi) is 7.16. The van der Waals surface area contributed by atoms with Crippen LogP contribution in [0.3, 0.4) is 0 Å². The number of alkyl carbamates (subject to hydrolysis) is 1. The van der Waals surface area contributed by atoms with E-state index in [1.807, 2.05) is 39.8 Å². The number of nitrogens with two attached hydrogens (primary N) is 1. The molecule has 1 aromatic carbocycles. The Morgan fingerprint density at radius 1 is 1.20 bits per heavy atom.